The van der Waals surface area contributed by atoms with Crippen molar-refractivity contribution in [2.24, 2.45) is 4.99 Å². The minimum absolute atomic E-state index is 0.0419. The summed E-state index contributed by atoms with van der Waals surface area (Å²) in [6.45, 7) is 3.08. The maximum Gasteiger partial charge on any atom is 0.337 e. The van der Waals surface area contributed by atoms with E-state index in [1.807, 2.05) is 73.7 Å². The molecule has 180 valence electrons. The highest BCUT2D eigenvalue weighted by Gasteiger charge is 2.32. The SMILES string of the molecule is CCN1C(=O)/C(=C/c2cn(Cc3cccc(C(=O)OC)c3)c3ccccc23)SC1=Nc1ccccc1. The van der Waals surface area contributed by atoms with Gasteiger partial charge in [0.25, 0.3) is 5.91 Å². The van der Waals surface area contributed by atoms with Gasteiger partial charge in [-0.1, -0.05) is 48.5 Å². The second kappa shape index (κ2) is 10.3. The third-order valence-electron chi connectivity index (χ3n) is 5.99. The van der Waals surface area contributed by atoms with Gasteiger partial charge in [0.15, 0.2) is 5.17 Å². The zero-order chi connectivity index (χ0) is 25.1. The van der Waals surface area contributed by atoms with Crippen LogP contribution in [0.15, 0.2) is 95.0 Å². The lowest BCUT2D eigenvalue weighted by molar-refractivity contribution is -0.122. The molecule has 7 heteroatoms. The topological polar surface area (TPSA) is 63.9 Å². The van der Waals surface area contributed by atoms with Crippen molar-refractivity contribution in [1.29, 1.82) is 0 Å². The van der Waals surface area contributed by atoms with Crippen LogP contribution in [0, 0.1) is 0 Å². The first kappa shape index (κ1) is 23.6. The van der Waals surface area contributed by atoms with Crippen LogP contribution in [0.4, 0.5) is 5.69 Å². The maximum atomic E-state index is 13.2. The molecule has 1 aliphatic heterocycles. The van der Waals surface area contributed by atoms with Crippen molar-refractivity contribution in [3.05, 3.63) is 107 Å². The van der Waals surface area contributed by atoms with Crippen molar-refractivity contribution in [3.8, 4) is 0 Å². The summed E-state index contributed by atoms with van der Waals surface area (Å²) in [5, 5.41) is 1.74. The molecule has 0 bridgehead atoms. The molecule has 1 amide bonds. The van der Waals surface area contributed by atoms with Crippen LogP contribution in [0.2, 0.25) is 0 Å². The molecular formula is C29H25N3O3S. The number of thioether (sulfide) groups is 1. The number of benzene rings is 3. The largest absolute Gasteiger partial charge is 0.465 e. The molecular weight excluding hydrogens is 470 g/mol. The van der Waals surface area contributed by atoms with Crippen LogP contribution in [-0.2, 0) is 16.1 Å². The summed E-state index contributed by atoms with van der Waals surface area (Å²) < 4.78 is 7.00. The number of amidine groups is 1. The summed E-state index contributed by atoms with van der Waals surface area (Å²) >= 11 is 1.40. The summed E-state index contributed by atoms with van der Waals surface area (Å²) in [6, 6.07) is 25.2. The molecule has 6 nitrogen and oxygen atoms in total. The molecule has 0 N–H and O–H groups in total. The molecule has 0 atom stereocenters. The lowest BCUT2D eigenvalue weighted by atomic mass is 10.1. The molecule has 2 heterocycles. The molecule has 0 saturated carbocycles. The standard InChI is InChI=1S/C29H25N3O3S/c1-3-32-27(33)26(36-29(32)30-23-12-5-4-6-13-23)17-22-19-31(25-15-8-7-14-24(22)25)18-20-10-9-11-21(16-20)28(34)35-2/h4-17,19H,3,18H2,1-2H3/b26-17-,30-29?. The van der Waals surface area contributed by atoms with Gasteiger partial charge >= 0.3 is 5.97 Å². The Bertz CT molecular complexity index is 1500. The van der Waals surface area contributed by atoms with Gasteiger partial charge in [0, 0.05) is 35.8 Å². The van der Waals surface area contributed by atoms with E-state index in [0.717, 1.165) is 27.7 Å². The van der Waals surface area contributed by atoms with Gasteiger partial charge in [0.05, 0.1) is 23.3 Å². The summed E-state index contributed by atoms with van der Waals surface area (Å²) in [5.74, 6) is -0.398. The molecule has 1 saturated heterocycles. The molecule has 36 heavy (non-hydrogen) atoms. The van der Waals surface area contributed by atoms with E-state index in [9.17, 15) is 9.59 Å². The highest BCUT2D eigenvalue weighted by atomic mass is 32.2. The maximum absolute atomic E-state index is 13.2. The number of hydrogen-bond acceptors (Lipinski definition) is 5. The van der Waals surface area contributed by atoms with Crippen molar-refractivity contribution in [2.45, 2.75) is 13.5 Å². The van der Waals surface area contributed by atoms with Crippen molar-refractivity contribution in [2.75, 3.05) is 13.7 Å². The number of carbonyl (C=O) groups is 2. The Kier molecular flexibility index (Phi) is 6.73. The third kappa shape index (κ3) is 4.70. The van der Waals surface area contributed by atoms with Crippen LogP contribution in [0.5, 0.6) is 0 Å². The number of fused-ring (bicyclic) bond motifs is 1. The minimum Gasteiger partial charge on any atom is -0.465 e. The highest BCUT2D eigenvalue weighted by molar-refractivity contribution is 8.18. The first-order valence-corrected chi connectivity index (χ1v) is 12.5. The van der Waals surface area contributed by atoms with E-state index in [-0.39, 0.29) is 11.9 Å². The van der Waals surface area contributed by atoms with E-state index in [2.05, 4.69) is 22.9 Å². The lowest BCUT2D eigenvalue weighted by Gasteiger charge is -2.11. The molecule has 1 aromatic heterocycles. The van der Waals surface area contributed by atoms with Gasteiger partial charge in [0.1, 0.15) is 0 Å². The lowest BCUT2D eigenvalue weighted by Crippen LogP contribution is -2.28. The van der Waals surface area contributed by atoms with Crippen molar-refractivity contribution in [1.82, 2.24) is 9.47 Å². The summed E-state index contributed by atoms with van der Waals surface area (Å²) in [4.78, 5) is 32.2. The van der Waals surface area contributed by atoms with E-state index in [0.29, 0.717) is 28.7 Å². The number of para-hydroxylation sites is 2. The number of carbonyl (C=O) groups excluding carboxylic acids is 2. The molecule has 1 fully saturated rings. The number of hydrogen-bond donors (Lipinski definition) is 0. The van der Waals surface area contributed by atoms with Crippen LogP contribution in [-0.4, -0.2) is 40.2 Å². The zero-order valence-corrected chi connectivity index (χ0v) is 20.9. The molecule has 5 rings (SSSR count). The first-order chi connectivity index (χ1) is 17.6. The third-order valence-corrected chi connectivity index (χ3v) is 7.00. The Labute approximate surface area is 213 Å². The van der Waals surface area contributed by atoms with Crippen molar-refractivity contribution >= 4 is 51.5 Å². The molecule has 1 aliphatic rings. The van der Waals surface area contributed by atoms with Crippen LogP contribution in [0.3, 0.4) is 0 Å². The Morgan fingerprint density at radius 2 is 1.81 bits per heavy atom. The number of ether oxygens (including phenoxy) is 1. The first-order valence-electron chi connectivity index (χ1n) is 11.7. The van der Waals surface area contributed by atoms with E-state index in [1.165, 1.54) is 18.9 Å². The number of nitrogens with zero attached hydrogens (tertiary/aromatic N) is 3. The summed E-state index contributed by atoms with van der Waals surface area (Å²) in [5.41, 5.74) is 4.33. The van der Waals surface area contributed by atoms with Gasteiger partial charge in [-0.3, -0.25) is 9.69 Å². The summed E-state index contributed by atoms with van der Waals surface area (Å²) in [6.07, 6.45) is 4.01. The van der Waals surface area contributed by atoms with Gasteiger partial charge in [-0.05, 0) is 60.7 Å². The fraction of sp³-hybridized carbons (Fsp3) is 0.138. The monoisotopic (exact) mass is 495 g/mol. The van der Waals surface area contributed by atoms with Crippen LogP contribution in [0.1, 0.15) is 28.4 Å². The van der Waals surface area contributed by atoms with Gasteiger partial charge in [0.2, 0.25) is 0 Å². The highest BCUT2D eigenvalue weighted by Crippen LogP contribution is 2.35. The molecule has 0 spiro atoms. The van der Waals surface area contributed by atoms with Gasteiger partial charge in [-0.15, -0.1) is 0 Å². The number of rotatable bonds is 6. The minimum atomic E-state index is -0.357. The van der Waals surface area contributed by atoms with Gasteiger partial charge in [-0.2, -0.15) is 0 Å². The Balaban J connectivity index is 1.50. The van der Waals surface area contributed by atoms with Gasteiger partial charge < -0.3 is 9.30 Å². The Hall–Kier alpha value is -4.10. The second-order valence-electron chi connectivity index (χ2n) is 8.31. The van der Waals surface area contributed by atoms with Gasteiger partial charge in [-0.25, -0.2) is 9.79 Å². The average molecular weight is 496 g/mol. The number of methoxy groups -OCH3 is 1. The van der Waals surface area contributed by atoms with E-state index in [4.69, 9.17) is 9.73 Å². The van der Waals surface area contributed by atoms with E-state index in [1.54, 1.807) is 11.0 Å². The fourth-order valence-electron chi connectivity index (χ4n) is 4.26. The quantitative estimate of drug-likeness (QED) is 0.240. The zero-order valence-electron chi connectivity index (χ0n) is 20.0. The molecule has 4 aromatic rings. The number of likely N-dealkylation sites (N-methyl/N-ethyl adjacent to an activating group) is 1. The molecule has 0 radical (unpaired) electrons. The number of amides is 1. The molecule has 0 unspecified atom stereocenters. The number of aliphatic imine (C=N–C) groups is 1. The van der Waals surface area contributed by atoms with Crippen molar-refractivity contribution in [3.63, 3.8) is 0 Å². The Morgan fingerprint density at radius 1 is 1.03 bits per heavy atom. The normalized spacial score (nSPS) is 15.8. The fourth-order valence-corrected chi connectivity index (χ4v) is 5.31. The van der Waals surface area contributed by atoms with Crippen LogP contribution < -0.4 is 0 Å². The van der Waals surface area contributed by atoms with E-state index >= 15 is 0 Å². The summed E-state index contributed by atoms with van der Waals surface area (Å²) in [7, 11) is 1.38. The number of aromatic nitrogens is 1. The predicted octanol–water partition coefficient (Wildman–Crippen LogP) is 6.10. The predicted molar refractivity (Wildman–Crippen MR) is 145 cm³/mol. The van der Waals surface area contributed by atoms with Crippen LogP contribution in [0.25, 0.3) is 17.0 Å². The molecule has 3 aromatic carbocycles. The number of esters is 1. The van der Waals surface area contributed by atoms with Crippen LogP contribution >= 0.6 is 11.8 Å². The Morgan fingerprint density at radius 3 is 2.58 bits per heavy atom. The van der Waals surface area contributed by atoms with E-state index < -0.39 is 0 Å². The average Bonchev–Trinajstić information content (AvgIpc) is 3.40. The van der Waals surface area contributed by atoms with Crippen molar-refractivity contribution < 1.29 is 14.3 Å². The smallest absolute Gasteiger partial charge is 0.337 e. The molecule has 0 aliphatic carbocycles. The second-order valence-corrected chi connectivity index (χ2v) is 9.32.